The Morgan fingerprint density at radius 3 is 2.43 bits per heavy atom. The fraction of sp³-hybridized carbons (Fsp3) is 0.417. The highest BCUT2D eigenvalue weighted by Gasteiger charge is 2.38. The first kappa shape index (κ1) is 29.6. The Morgan fingerprint density at radius 2 is 1.81 bits per heavy atom. The minimum absolute atomic E-state index is 0.285. The summed E-state index contributed by atoms with van der Waals surface area (Å²) in [6.07, 6.45) is 0.914. The molecule has 37 heavy (non-hydrogen) atoms. The van der Waals surface area contributed by atoms with Gasteiger partial charge in [-0.2, -0.15) is 13.2 Å². The van der Waals surface area contributed by atoms with E-state index in [1.165, 1.54) is 19.3 Å². The molecule has 6 nitrogen and oxygen atoms in total. The van der Waals surface area contributed by atoms with Crippen LogP contribution in [0.4, 0.5) is 13.2 Å². The number of halogens is 7. The summed E-state index contributed by atoms with van der Waals surface area (Å²) in [4.78, 5) is 13.6. The number of nitrogens with one attached hydrogen (secondary N) is 1. The Hall–Kier alpha value is -1.91. The molecular weight excluding hydrogens is 577 g/mol. The number of rotatable bonds is 7. The first-order valence-electron chi connectivity index (χ1n) is 11.4. The Morgan fingerprint density at radius 1 is 1.11 bits per heavy atom. The molecule has 1 saturated heterocycles. The van der Waals surface area contributed by atoms with Gasteiger partial charge in [0.05, 0.1) is 26.1 Å². The van der Waals surface area contributed by atoms with Crippen LogP contribution in [0.15, 0.2) is 30.3 Å². The van der Waals surface area contributed by atoms with Gasteiger partial charge in [0.1, 0.15) is 18.2 Å². The number of piperidine rings is 1. The van der Waals surface area contributed by atoms with Crippen LogP contribution in [-0.2, 0) is 17.9 Å². The minimum atomic E-state index is -5.08. The summed E-state index contributed by atoms with van der Waals surface area (Å²) in [6, 6.07) is 9.46. The van der Waals surface area contributed by atoms with Crippen LogP contribution in [0.2, 0.25) is 20.1 Å². The Labute approximate surface area is 231 Å². The van der Waals surface area contributed by atoms with Crippen LogP contribution in [0.5, 0.6) is 5.75 Å². The van der Waals surface area contributed by atoms with Gasteiger partial charge in [-0.05, 0) is 62.6 Å². The van der Waals surface area contributed by atoms with E-state index in [2.05, 4.69) is 9.88 Å². The number of carboxylic acids is 1. The molecule has 1 aliphatic heterocycles. The molecule has 2 heterocycles. The van der Waals surface area contributed by atoms with Crippen LogP contribution < -0.4 is 10.1 Å². The van der Waals surface area contributed by atoms with Crippen molar-refractivity contribution in [3.63, 3.8) is 0 Å². The number of imidazole rings is 1. The normalized spacial score (nSPS) is 15.8. The van der Waals surface area contributed by atoms with Crippen LogP contribution in [-0.4, -0.2) is 39.4 Å². The molecule has 0 amide bonds. The highest BCUT2D eigenvalue weighted by Crippen LogP contribution is 2.31. The van der Waals surface area contributed by atoms with Crippen molar-refractivity contribution < 1.29 is 27.8 Å². The second-order valence-corrected chi connectivity index (χ2v) is 10.0. The third-order valence-electron chi connectivity index (χ3n) is 5.71. The molecule has 2 N–H and O–H groups in total. The zero-order valence-electron chi connectivity index (χ0n) is 19.4. The lowest BCUT2D eigenvalue weighted by Crippen LogP contribution is -2.34. The highest BCUT2D eigenvalue weighted by molar-refractivity contribution is 6.42. The summed E-state index contributed by atoms with van der Waals surface area (Å²) >= 11 is 24.7. The summed E-state index contributed by atoms with van der Waals surface area (Å²) in [5.74, 6) is -1.37. The first-order valence-corrected chi connectivity index (χ1v) is 12.9. The number of ether oxygens (including phenoxy) is 1. The smallest absolute Gasteiger partial charge is 0.484 e. The number of fused-ring (bicyclic) bond motifs is 1. The second-order valence-electron chi connectivity index (χ2n) is 8.39. The average Bonchev–Trinajstić information content (AvgIpc) is 3.15. The molecule has 1 atom stereocenters. The van der Waals surface area contributed by atoms with E-state index in [-0.39, 0.29) is 6.61 Å². The van der Waals surface area contributed by atoms with Crippen molar-refractivity contribution in [2.24, 2.45) is 0 Å². The molecule has 0 spiro atoms. The monoisotopic (exact) mass is 599 g/mol. The van der Waals surface area contributed by atoms with Crippen LogP contribution in [0, 0.1) is 0 Å². The maximum atomic E-state index is 10.6. The molecule has 0 bridgehead atoms. The van der Waals surface area contributed by atoms with Gasteiger partial charge in [0.2, 0.25) is 0 Å². The lowest BCUT2D eigenvalue weighted by atomic mass is 10.0. The van der Waals surface area contributed by atoms with E-state index in [0.717, 1.165) is 42.8 Å². The molecule has 1 aliphatic rings. The SMILES string of the molecule is Clc1ccc(OCc2nc3cc(Cl)c(Cl)cc3n2CCCC2CCCCN2)c(Cl)c1.O=C(O)C(F)(F)F. The van der Waals surface area contributed by atoms with Crippen molar-refractivity contribution in [1.82, 2.24) is 14.9 Å². The largest absolute Gasteiger partial charge is 0.490 e. The van der Waals surface area contributed by atoms with Gasteiger partial charge in [0.15, 0.2) is 0 Å². The van der Waals surface area contributed by atoms with Crippen LogP contribution in [0.1, 0.15) is 37.9 Å². The second kappa shape index (κ2) is 13.2. The number of aromatic nitrogens is 2. The maximum absolute atomic E-state index is 10.6. The molecule has 3 aromatic rings. The van der Waals surface area contributed by atoms with E-state index in [4.69, 9.17) is 66.0 Å². The predicted molar refractivity (Wildman–Crippen MR) is 139 cm³/mol. The van der Waals surface area contributed by atoms with Gasteiger partial charge in [-0.1, -0.05) is 52.8 Å². The molecule has 4 rings (SSSR count). The summed E-state index contributed by atoms with van der Waals surface area (Å²) in [5.41, 5.74) is 1.77. The van der Waals surface area contributed by atoms with Gasteiger partial charge >= 0.3 is 12.1 Å². The maximum Gasteiger partial charge on any atom is 0.490 e. The molecule has 202 valence electrons. The number of hydrogen-bond acceptors (Lipinski definition) is 4. The van der Waals surface area contributed by atoms with Gasteiger partial charge < -0.3 is 19.7 Å². The topological polar surface area (TPSA) is 76.4 Å². The number of carboxylic acid groups (broad SMARTS) is 1. The van der Waals surface area contributed by atoms with E-state index >= 15 is 0 Å². The molecule has 1 aromatic heterocycles. The van der Waals surface area contributed by atoms with Crippen molar-refractivity contribution in [2.75, 3.05) is 6.54 Å². The van der Waals surface area contributed by atoms with E-state index in [1.807, 2.05) is 6.07 Å². The quantitative estimate of drug-likeness (QED) is 0.289. The molecule has 1 unspecified atom stereocenters. The molecule has 13 heteroatoms. The molecule has 0 saturated carbocycles. The van der Waals surface area contributed by atoms with E-state index in [0.29, 0.717) is 31.9 Å². The lowest BCUT2D eigenvalue weighted by molar-refractivity contribution is -0.192. The van der Waals surface area contributed by atoms with E-state index < -0.39 is 12.1 Å². The van der Waals surface area contributed by atoms with Gasteiger partial charge in [-0.15, -0.1) is 0 Å². The van der Waals surface area contributed by atoms with Crippen molar-refractivity contribution in [2.45, 2.75) is 57.5 Å². The number of benzene rings is 2. The number of aryl methyl sites for hydroxylation is 1. The summed E-state index contributed by atoms with van der Waals surface area (Å²) in [5, 5.41) is 12.8. The third-order valence-corrected chi connectivity index (χ3v) is 6.96. The molecule has 0 aliphatic carbocycles. The summed E-state index contributed by atoms with van der Waals surface area (Å²) in [7, 11) is 0. The first-order chi connectivity index (χ1) is 17.5. The Kier molecular flexibility index (Phi) is 10.6. The van der Waals surface area contributed by atoms with Crippen LogP contribution in [0.3, 0.4) is 0 Å². The fourth-order valence-electron chi connectivity index (χ4n) is 3.93. The molecule has 0 radical (unpaired) electrons. The van der Waals surface area contributed by atoms with Crippen molar-refractivity contribution >= 4 is 63.4 Å². The zero-order chi connectivity index (χ0) is 27.2. The van der Waals surface area contributed by atoms with E-state index in [1.54, 1.807) is 24.3 Å². The van der Waals surface area contributed by atoms with Gasteiger partial charge in [0.25, 0.3) is 0 Å². The summed E-state index contributed by atoms with van der Waals surface area (Å²) in [6.45, 7) is 2.24. The standard InChI is InChI=1S/C22H23Cl4N3O.C2HF3O2/c23-14-6-7-21(18(26)10-14)30-13-22-28-19-11-16(24)17(25)12-20(19)29(22)9-3-5-15-4-1-2-8-27-15;3-2(4,5)1(6)7/h6-7,10-12,15,27H,1-5,8-9,13H2;(H,6,7). The Bertz CT molecular complexity index is 1230. The van der Waals surface area contributed by atoms with E-state index in [9.17, 15) is 13.2 Å². The molecular formula is C24H24Cl4F3N3O3. The average molecular weight is 601 g/mol. The Balaban J connectivity index is 0.000000479. The number of hydrogen-bond donors (Lipinski definition) is 2. The van der Waals surface area contributed by atoms with Gasteiger partial charge in [0, 0.05) is 17.6 Å². The van der Waals surface area contributed by atoms with Crippen molar-refractivity contribution in [3.8, 4) is 5.75 Å². The number of nitrogens with zero attached hydrogens (tertiary/aromatic N) is 2. The van der Waals surface area contributed by atoms with Crippen LogP contribution in [0.25, 0.3) is 11.0 Å². The van der Waals surface area contributed by atoms with Crippen LogP contribution >= 0.6 is 46.4 Å². The van der Waals surface area contributed by atoms with Gasteiger partial charge in [-0.25, -0.2) is 9.78 Å². The lowest BCUT2D eigenvalue weighted by Gasteiger charge is -2.23. The minimum Gasteiger partial charge on any atom is -0.484 e. The molecule has 2 aromatic carbocycles. The third kappa shape index (κ3) is 8.55. The fourth-order valence-corrected chi connectivity index (χ4v) is 4.71. The van der Waals surface area contributed by atoms with Gasteiger partial charge in [-0.3, -0.25) is 0 Å². The number of aliphatic carboxylic acids is 1. The van der Waals surface area contributed by atoms with Crippen molar-refractivity contribution in [3.05, 3.63) is 56.2 Å². The number of carbonyl (C=O) groups is 1. The zero-order valence-corrected chi connectivity index (χ0v) is 22.4. The number of alkyl halides is 3. The molecule has 1 fully saturated rings. The summed E-state index contributed by atoms with van der Waals surface area (Å²) < 4.78 is 39.9. The van der Waals surface area contributed by atoms with Crippen molar-refractivity contribution in [1.29, 1.82) is 0 Å². The predicted octanol–water partition coefficient (Wildman–Crippen LogP) is 7.78. The highest BCUT2D eigenvalue weighted by atomic mass is 35.5.